The van der Waals surface area contributed by atoms with Gasteiger partial charge in [-0.25, -0.2) is 9.18 Å². The predicted molar refractivity (Wildman–Crippen MR) is 100 cm³/mol. The molecule has 0 saturated carbocycles. The van der Waals surface area contributed by atoms with Gasteiger partial charge in [-0.1, -0.05) is 0 Å². The second-order valence-corrected chi connectivity index (χ2v) is 6.73. The Morgan fingerprint density at radius 3 is 2.79 bits per heavy atom. The van der Waals surface area contributed by atoms with Crippen molar-refractivity contribution in [1.29, 1.82) is 0 Å². The summed E-state index contributed by atoms with van der Waals surface area (Å²) < 4.78 is 18.3. The number of nitrogens with zero attached hydrogens (tertiary/aromatic N) is 1. The zero-order valence-electron chi connectivity index (χ0n) is 15.8. The minimum absolute atomic E-state index is 0.00773. The number of fused-ring (bicyclic) bond motifs is 1. The standard InChI is InChI=1S/C19H24FN3O5/c1-12(2)22-17(24)10-23-6-5-14-7-15(3-4-16(14)18(23)25)28-11-13(8-20)9-21-19(26)27/h3-4,7-8,12,21H,5-6,9-11H2,1-2H3,(H,22,24)(H,26,27)/b13-8+. The first-order chi connectivity index (χ1) is 13.3. The molecule has 1 aromatic carbocycles. The van der Waals surface area contributed by atoms with Crippen molar-refractivity contribution in [3.05, 3.63) is 41.2 Å². The van der Waals surface area contributed by atoms with Crippen LogP contribution in [0.5, 0.6) is 5.75 Å². The zero-order chi connectivity index (χ0) is 20.7. The van der Waals surface area contributed by atoms with Crippen LogP contribution < -0.4 is 15.4 Å². The van der Waals surface area contributed by atoms with Crippen LogP contribution in [0.15, 0.2) is 30.1 Å². The van der Waals surface area contributed by atoms with Gasteiger partial charge < -0.3 is 25.4 Å². The number of amides is 3. The number of rotatable bonds is 8. The number of ether oxygens (including phenoxy) is 1. The number of hydrogen-bond donors (Lipinski definition) is 3. The smallest absolute Gasteiger partial charge is 0.404 e. The van der Waals surface area contributed by atoms with Crippen molar-refractivity contribution in [2.75, 3.05) is 26.2 Å². The number of benzene rings is 1. The monoisotopic (exact) mass is 393 g/mol. The maximum atomic E-state index is 12.8. The van der Waals surface area contributed by atoms with Crippen LogP contribution in [0.4, 0.5) is 9.18 Å². The van der Waals surface area contributed by atoms with Crippen molar-refractivity contribution in [3.8, 4) is 5.75 Å². The van der Waals surface area contributed by atoms with Gasteiger partial charge >= 0.3 is 6.09 Å². The molecule has 0 fully saturated rings. The van der Waals surface area contributed by atoms with Crippen LogP contribution in [0.2, 0.25) is 0 Å². The van der Waals surface area contributed by atoms with E-state index in [-0.39, 0.29) is 43.1 Å². The Labute approximate surface area is 162 Å². The summed E-state index contributed by atoms with van der Waals surface area (Å²) in [5.74, 6) is 0.0289. The summed E-state index contributed by atoms with van der Waals surface area (Å²) in [6.45, 7) is 3.84. The van der Waals surface area contributed by atoms with E-state index in [2.05, 4.69) is 10.6 Å². The van der Waals surface area contributed by atoms with E-state index in [1.807, 2.05) is 13.8 Å². The van der Waals surface area contributed by atoms with E-state index in [4.69, 9.17) is 9.84 Å². The minimum atomic E-state index is -1.25. The molecule has 1 aromatic rings. The average molecular weight is 393 g/mol. The molecular weight excluding hydrogens is 369 g/mol. The number of halogens is 1. The molecule has 0 bridgehead atoms. The summed E-state index contributed by atoms with van der Waals surface area (Å²) in [5.41, 5.74) is 1.43. The quantitative estimate of drug-likeness (QED) is 0.623. The fraction of sp³-hybridized carbons (Fsp3) is 0.421. The number of carbonyl (C=O) groups excluding carboxylic acids is 2. The molecule has 9 heteroatoms. The Morgan fingerprint density at radius 1 is 1.39 bits per heavy atom. The summed E-state index contributed by atoms with van der Waals surface area (Å²) in [7, 11) is 0. The van der Waals surface area contributed by atoms with Gasteiger partial charge in [-0.3, -0.25) is 9.59 Å². The molecule has 8 nitrogen and oxygen atoms in total. The van der Waals surface area contributed by atoms with Crippen LogP contribution >= 0.6 is 0 Å². The Kier molecular flexibility index (Phi) is 7.36. The van der Waals surface area contributed by atoms with E-state index >= 15 is 0 Å². The number of carboxylic acid groups (broad SMARTS) is 1. The maximum absolute atomic E-state index is 12.8. The molecule has 1 heterocycles. The zero-order valence-corrected chi connectivity index (χ0v) is 15.8. The van der Waals surface area contributed by atoms with E-state index < -0.39 is 6.09 Å². The fourth-order valence-electron chi connectivity index (χ4n) is 2.78. The molecule has 28 heavy (non-hydrogen) atoms. The van der Waals surface area contributed by atoms with Crippen LogP contribution in [-0.4, -0.2) is 60.2 Å². The highest BCUT2D eigenvalue weighted by molar-refractivity contribution is 5.98. The summed E-state index contributed by atoms with van der Waals surface area (Å²) in [4.78, 5) is 36.5. The molecule has 0 aromatic heterocycles. The van der Waals surface area contributed by atoms with Crippen molar-refractivity contribution in [2.45, 2.75) is 26.3 Å². The first-order valence-corrected chi connectivity index (χ1v) is 8.89. The summed E-state index contributed by atoms with van der Waals surface area (Å²) >= 11 is 0. The van der Waals surface area contributed by atoms with Gasteiger partial charge in [0.25, 0.3) is 5.91 Å². The predicted octanol–water partition coefficient (Wildman–Crippen LogP) is 1.71. The molecule has 0 atom stereocenters. The van der Waals surface area contributed by atoms with Gasteiger partial charge in [0, 0.05) is 30.3 Å². The fourth-order valence-corrected chi connectivity index (χ4v) is 2.78. The highest BCUT2D eigenvalue weighted by Gasteiger charge is 2.26. The third kappa shape index (κ3) is 5.97. The first kappa shape index (κ1) is 21.2. The van der Waals surface area contributed by atoms with Crippen LogP contribution in [0, 0.1) is 0 Å². The Bertz CT molecular complexity index is 779. The number of hydrogen-bond acceptors (Lipinski definition) is 4. The van der Waals surface area contributed by atoms with Crippen molar-refractivity contribution >= 4 is 17.9 Å². The molecule has 2 rings (SSSR count). The van der Waals surface area contributed by atoms with Gasteiger partial charge in [-0.2, -0.15) is 0 Å². The van der Waals surface area contributed by atoms with Gasteiger partial charge in [0.2, 0.25) is 5.91 Å². The largest absolute Gasteiger partial charge is 0.489 e. The lowest BCUT2D eigenvalue weighted by atomic mass is 9.98. The lowest BCUT2D eigenvalue weighted by Gasteiger charge is -2.28. The van der Waals surface area contributed by atoms with Crippen LogP contribution in [0.1, 0.15) is 29.8 Å². The first-order valence-electron chi connectivity index (χ1n) is 8.89. The topological polar surface area (TPSA) is 108 Å². The second-order valence-electron chi connectivity index (χ2n) is 6.73. The summed E-state index contributed by atoms with van der Waals surface area (Å²) in [6, 6.07) is 4.93. The Balaban J connectivity index is 1.98. The number of carbonyl (C=O) groups is 3. The lowest BCUT2D eigenvalue weighted by molar-refractivity contribution is -0.122. The van der Waals surface area contributed by atoms with E-state index in [0.717, 1.165) is 5.56 Å². The lowest BCUT2D eigenvalue weighted by Crippen LogP contribution is -2.45. The second kappa shape index (κ2) is 9.72. The van der Waals surface area contributed by atoms with E-state index in [9.17, 15) is 18.8 Å². The SMILES string of the molecule is CC(C)NC(=O)CN1CCc2cc(OC/C(=C/F)CNC(=O)O)ccc2C1=O. The van der Waals surface area contributed by atoms with Crippen molar-refractivity contribution in [1.82, 2.24) is 15.5 Å². The number of nitrogens with one attached hydrogen (secondary N) is 2. The highest BCUT2D eigenvalue weighted by atomic mass is 19.1. The normalized spacial score (nSPS) is 13.9. The van der Waals surface area contributed by atoms with Crippen molar-refractivity contribution in [3.63, 3.8) is 0 Å². The van der Waals surface area contributed by atoms with Gasteiger partial charge in [0.1, 0.15) is 12.4 Å². The van der Waals surface area contributed by atoms with Crippen LogP contribution in [0.25, 0.3) is 0 Å². The molecule has 3 N–H and O–H groups in total. The van der Waals surface area contributed by atoms with Gasteiger partial charge in [-0.15, -0.1) is 0 Å². The van der Waals surface area contributed by atoms with Crippen molar-refractivity contribution < 1.29 is 28.6 Å². The van der Waals surface area contributed by atoms with Crippen LogP contribution in [-0.2, 0) is 11.2 Å². The van der Waals surface area contributed by atoms with Crippen molar-refractivity contribution in [2.24, 2.45) is 0 Å². The molecule has 1 aliphatic heterocycles. The molecule has 3 amide bonds. The Morgan fingerprint density at radius 2 is 2.14 bits per heavy atom. The van der Waals surface area contributed by atoms with Gasteiger partial charge in [0.05, 0.1) is 12.9 Å². The molecule has 0 radical (unpaired) electrons. The van der Waals surface area contributed by atoms with E-state index in [0.29, 0.717) is 30.6 Å². The summed E-state index contributed by atoms with van der Waals surface area (Å²) in [6.07, 6.45) is -0.379. The van der Waals surface area contributed by atoms with Gasteiger partial charge in [-0.05, 0) is 44.0 Å². The molecular formula is C19H24FN3O5. The molecule has 0 aliphatic carbocycles. The molecule has 0 saturated heterocycles. The third-order valence-corrected chi connectivity index (χ3v) is 4.07. The van der Waals surface area contributed by atoms with E-state index in [1.54, 1.807) is 18.2 Å². The summed E-state index contributed by atoms with van der Waals surface area (Å²) in [5, 5.41) is 13.4. The molecule has 152 valence electrons. The highest BCUT2D eigenvalue weighted by Crippen LogP contribution is 2.24. The molecule has 0 spiro atoms. The average Bonchev–Trinajstić information content (AvgIpc) is 2.63. The van der Waals surface area contributed by atoms with Gasteiger partial charge in [0.15, 0.2) is 0 Å². The Hall–Kier alpha value is -3.10. The molecule has 0 unspecified atom stereocenters. The van der Waals surface area contributed by atoms with Crippen LogP contribution in [0.3, 0.4) is 0 Å². The maximum Gasteiger partial charge on any atom is 0.404 e. The minimum Gasteiger partial charge on any atom is -0.489 e. The third-order valence-electron chi connectivity index (χ3n) is 4.07. The molecule has 1 aliphatic rings. The van der Waals surface area contributed by atoms with E-state index in [1.165, 1.54) is 4.90 Å².